The van der Waals surface area contributed by atoms with E-state index < -0.39 is 0 Å². The minimum absolute atomic E-state index is 0.634. The van der Waals surface area contributed by atoms with Crippen LogP contribution in [0.5, 0.6) is 0 Å². The fraction of sp³-hybridized carbons (Fsp3) is 0. The summed E-state index contributed by atoms with van der Waals surface area (Å²) in [6, 6.07) is 25.7. The van der Waals surface area contributed by atoms with E-state index in [1.807, 2.05) is 60.7 Å². The molecule has 0 aliphatic rings. The standard InChI is InChI=1S/C19H14N2/c20-13-16-11-12-17(21)19(15-9-5-2-6-10-15)18(16)14-7-3-1-4-8-14/h1-12H,21H2. The van der Waals surface area contributed by atoms with Gasteiger partial charge in [-0.15, -0.1) is 0 Å². The van der Waals surface area contributed by atoms with E-state index in [9.17, 15) is 5.26 Å². The molecule has 0 fully saturated rings. The fourth-order valence-corrected chi connectivity index (χ4v) is 2.53. The summed E-state index contributed by atoms with van der Waals surface area (Å²) in [5, 5.41) is 9.45. The lowest BCUT2D eigenvalue weighted by Gasteiger charge is -2.14. The van der Waals surface area contributed by atoms with Crippen molar-refractivity contribution in [3.63, 3.8) is 0 Å². The number of anilines is 1. The Hall–Kier alpha value is -3.05. The van der Waals surface area contributed by atoms with Gasteiger partial charge in [0, 0.05) is 16.8 Å². The van der Waals surface area contributed by atoms with E-state index in [1.54, 1.807) is 12.1 Å². The third-order valence-corrected chi connectivity index (χ3v) is 3.48. The van der Waals surface area contributed by atoms with Gasteiger partial charge in [0.1, 0.15) is 0 Å². The SMILES string of the molecule is N#Cc1ccc(N)c(-c2ccccc2)c1-c1ccccc1. The van der Waals surface area contributed by atoms with Gasteiger partial charge >= 0.3 is 0 Å². The molecule has 21 heavy (non-hydrogen) atoms. The van der Waals surface area contributed by atoms with Crippen molar-refractivity contribution in [2.45, 2.75) is 0 Å². The quantitative estimate of drug-likeness (QED) is 0.698. The number of hydrogen-bond donors (Lipinski definition) is 1. The molecule has 2 nitrogen and oxygen atoms in total. The monoisotopic (exact) mass is 270 g/mol. The Morgan fingerprint density at radius 2 is 1.19 bits per heavy atom. The van der Waals surface area contributed by atoms with Crippen LogP contribution in [0.15, 0.2) is 72.8 Å². The molecule has 3 aromatic rings. The summed E-state index contributed by atoms with van der Waals surface area (Å²) in [5.41, 5.74) is 11.3. The van der Waals surface area contributed by atoms with E-state index in [2.05, 4.69) is 6.07 Å². The lowest BCUT2D eigenvalue weighted by Crippen LogP contribution is -1.96. The number of hydrogen-bond acceptors (Lipinski definition) is 2. The van der Waals surface area contributed by atoms with Crippen molar-refractivity contribution in [2.75, 3.05) is 5.73 Å². The Balaban J connectivity index is 2.37. The van der Waals surface area contributed by atoms with Gasteiger partial charge in [0.25, 0.3) is 0 Å². The molecule has 0 unspecified atom stereocenters. The van der Waals surface area contributed by atoms with Crippen molar-refractivity contribution in [2.24, 2.45) is 0 Å². The lowest BCUT2D eigenvalue weighted by molar-refractivity contribution is 1.47. The van der Waals surface area contributed by atoms with Crippen LogP contribution < -0.4 is 5.73 Å². The van der Waals surface area contributed by atoms with Crippen LogP contribution in [-0.4, -0.2) is 0 Å². The summed E-state index contributed by atoms with van der Waals surface area (Å²) in [4.78, 5) is 0. The molecule has 2 N–H and O–H groups in total. The average Bonchev–Trinajstić information content (AvgIpc) is 2.56. The molecule has 0 aliphatic heterocycles. The van der Waals surface area contributed by atoms with Crippen molar-refractivity contribution >= 4 is 5.69 Å². The Bertz CT molecular complexity index is 800. The predicted molar refractivity (Wildman–Crippen MR) is 86.4 cm³/mol. The lowest BCUT2D eigenvalue weighted by atomic mass is 9.89. The Labute approximate surface area is 124 Å². The van der Waals surface area contributed by atoms with Crippen molar-refractivity contribution < 1.29 is 0 Å². The highest BCUT2D eigenvalue weighted by Gasteiger charge is 2.15. The molecule has 0 bridgehead atoms. The van der Waals surface area contributed by atoms with E-state index in [0.717, 1.165) is 22.3 Å². The first-order valence-electron chi connectivity index (χ1n) is 6.74. The molecular formula is C19H14N2. The third-order valence-electron chi connectivity index (χ3n) is 3.48. The number of nitrogens with zero attached hydrogens (tertiary/aromatic N) is 1. The van der Waals surface area contributed by atoms with Crippen LogP contribution in [0.2, 0.25) is 0 Å². The predicted octanol–water partition coefficient (Wildman–Crippen LogP) is 4.47. The fourth-order valence-electron chi connectivity index (χ4n) is 2.53. The van der Waals surface area contributed by atoms with Crippen LogP contribution >= 0.6 is 0 Å². The maximum atomic E-state index is 9.45. The molecule has 0 atom stereocenters. The van der Waals surface area contributed by atoms with Crippen LogP contribution in [0.4, 0.5) is 5.69 Å². The van der Waals surface area contributed by atoms with Crippen LogP contribution in [0.3, 0.4) is 0 Å². The van der Waals surface area contributed by atoms with Gasteiger partial charge in [-0.3, -0.25) is 0 Å². The van der Waals surface area contributed by atoms with Gasteiger partial charge in [0.05, 0.1) is 11.6 Å². The van der Waals surface area contributed by atoms with E-state index in [4.69, 9.17) is 5.73 Å². The highest BCUT2D eigenvalue weighted by Crippen LogP contribution is 2.38. The van der Waals surface area contributed by atoms with Crippen LogP contribution in [0.25, 0.3) is 22.3 Å². The normalized spacial score (nSPS) is 10.0. The molecule has 0 spiro atoms. The minimum atomic E-state index is 0.634. The molecule has 0 radical (unpaired) electrons. The molecule has 0 saturated carbocycles. The molecule has 2 heteroatoms. The maximum absolute atomic E-state index is 9.45. The Morgan fingerprint density at radius 1 is 0.667 bits per heavy atom. The van der Waals surface area contributed by atoms with Crippen LogP contribution in [-0.2, 0) is 0 Å². The van der Waals surface area contributed by atoms with E-state index in [-0.39, 0.29) is 0 Å². The second kappa shape index (κ2) is 5.52. The molecule has 0 aromatic heterocycles. The number of nitrogen functional groups attached to an aromatic ring is 1. The third kappa shape index (κ3) is 2.37. The molecule has 0 amide bonds. The van der Waals surface area contributed by atoms with Crippen molar-refractivity contribution in [1.82, 2.24) is 0 Å². The summed E-state index contributed by atoms with van der Waals surface area (Å²) in [7, 11) is 0. The molecule has 100 valence electrons. The largest absolute Gasteiger partial charge is 0.398 e. The minimum Gasteiger partial charge on any atom is -0.398 e. The van der Waals surface area contributed by atoms with Gasteiger partial charge in [0.2, 0.25) is 0 Å². The van der Waals surface area contributed by atoms with Gasteiger partial charge < -0.3 is 5.73 Å². The van der Waals surface area contributed by atoms with E-state index in [0.29, 0.717) is 11.3 Å². The zero-order valence-electron chi connectivity index (χ0n) is 11.5. The first kappa shape index (κ1) is 13.0. The maximum Gasteiger partial charge on any atom is 0.0998 e. The summed E-state index contributed by atoms with van der Waals surface area (Å²) >= 11 is 0. The zero-order valence-corrected chi connectivity index (χ0v) is 11.5. The van der Waals surface area contributed by atoms with Gasteiger partial charge in [0.15, 0.2) is 0 Å². The highest BCUT2D eigenvalue weighted by molar-refractivity contribution is 5.94. The van der Waals surface area contributed by atoms with Gasteiger partial charge in [-0.05, 0) is 23.3 Å². The van der Waals surface area contributed by atoms with E-state index in [1.165, 1.54) is 0 Å². The number of nitriles is 1. The average molecular weight is 270 g/mol. The molecular weight excluding hydrogens is 256 g/mol. The second-order valence-electron chi connectivity index (χ2n) is 4.80. The van der Waals surface area contributed by atoms with Crippen molar-refractivity contribution in [3.05, 3.63) is 78.4 Å². The smallest absolute Gasteiger partial charge is 0.0998 e. The summed E-state index contributed by atoms with van der Waals surface area (Å²) in [5.74, 6) is 0. The molecule has 0 saturated heterocycles. The van der Waals surface area contributed by atoms with Gasteiger partial charge in [-0.2, -0.15) is 5.26 Å². The molecule has 3 rings (SSSR count). The second-order valence-corrected chi connectivity index (χ2v) is 4.80. The summed E-state index contributed by atoms with van der Waals surface area (Å²) < 4.78 is 0. The van der Waals surface area contributed by atoms with E-state index >= 15 is 0 Å². The van der Waals surface area contributed by atoms with Crippen LogP contribution in [0.1, 0.15) is 5.56 Å². The first-order chi connectivity index (χ1) is 10.3. The number of rotatable bonds is 2. The number of benzene rings is 3. The first-order valence-corrected chi connectivity index (χ1v) is 6.74. The van der Waals surface area contributed by atoms with Crippen molar-refractivity contribution in [3.8, 4) is 28.3 Å². The molecule has 0 aliphatic carbocycles. The Kier molecular flexibility index (Phi) is 3.41. The topological polar surface area (TPSA) is 49.8 Å². The summed E-state index contributed by atoms with van der Waals surface area (Å²) in [6.45, 7) is 0. The zero-order chi connectivity index (χ0) is 14.7. The highest BCUT2D eigenvalue weighted by atomic mass is 14.6. The Morgan fingerprint density at radius 3 is 1.71 bits per heavy atom. The molecule has 0 heterocycles. The van der Waals surface area contributed by atoms with Crippen molar-refractivity contribution in [1.29, 1.82) is 5.26 Å². The van der Waals surface area contributed by atoms with Gasteiger partial charge in [-0.25, -0.2) is 0 Å². The van der Waals surface area contributed by atoms with Crippen LogP contribution in [0, 0.1) is 11.3 Å². The number of nitrogens with two attached hydrogens (primary N) is 1. The molecule has 3 aromatic carbocycles. The summed E-state index contributed by atoms with van der Waals surface area (Å²) in [6.07, 6.45) is 0. The van der Waals surface area contributed by atoms with Gasteiger partial charge in [-0.1, -0.05) is 60.7 Å².